The van der Waals surface area contributed by atoms with Crippen molar-refractivity contribution in [2.24, 2.45) is 11.8 Å². The lowest BCUT2D eigenvalue weighted by Gasteiger charge is -2.03. The molecule has 0 amide bonds. The van der Waals surface area contributed by atoms with Crippen molar-refractivity contribution in [3.8, 4) is 0 Å². The number of rotatable bonds is 7. The van der Waals surface area contributed by atoms with Crippen molar-refractivity contribution in [1.29, 1.82) is 0 Å². The maximum atomic E-state index is 6.50. The second kappa shape index (κ2) is 14.4. The quantitative estimate of drug-likeness (QED) is 0.473. The van der Waals surface area contributed by atoms with Crippen LogP contribution in [-0.2, 0) is 0 Å². The standard InChI is InChI=1S/C11H24.H3NO/c1-4-5-6-7-8-9-10-11(2)3;1-2/h11H,4-10H2,1-3H3;2H,1H2. The van der Waals surface area contributed by atoms with Gasteiger partial charge in [-0.05, 0) is 5.92 Å². The van der Waals surface area contributed by atoms with Crippen LogP contribution in [0.5, 0.6) is 0 Å². The van der Waals surface area contributed by atoms with Crippen LogP contribution >= 0.6 is 0 Å². The molecule has 0 spiro atoms. The highest BCUT2D eigenvalue weighted by Crippen LogP contribution is 2.10. The van der Waals surface area contributed by atoms with Gasteiger partial charge in [0.1, 0.15) is 0 Å². The first-order valence-corrected chi connectivity index (χ1v) is 5.53. The monoisotopic (exact) mass is 189 g/mol. The lowest BCUT2D eigenvalue weighted by atomic mass is 10.0. The molecule has 0 rings (SSSR count). The van der Waals surface area contributed by atoms with Gasteiger partial charge in [0.05, 0.1) is 0 Å². The summed E-state index contributed by atoms with van der Waals surface area (Å²) in [5.74, 6) is 4.40. The highest BCUT2D eigenvalue weighted by molar-refractivity contribution is 4.47. The van der Waals surface area contributed by atoms with Crippen LogP contribution in [0.15, 0.2) is 0 Å². The van der Waals surface area contributed by atoms with Crippen LogP contribution in [0, 0.1) is 5.92 Å². The van der Waals surface area contributed by atoms with Gasteiger partial charge in [0.2, 0.25) is 0 Å². The SMILES string of the molecule is CCCCCCCCC(C)C.NO. The van der Waals surface area contributed by atoms with Gasteiger partial charge < -0.3 is 5.21 Å². The average Bonchev–Trinajstić information content (AvgIpc) is 2.14. The van der Waals surface area contributed by atoms with Crippen LogP contribution in [0.2, 0.25) is 0 Å². The second-order valence-corrected chi connectivity index (χ2v) is 3.95. The molecule has 0 bridgehead atoms. The Kier molecular flexibility index (Phi) is 17.1. The van der Waals surface area contributed by atoms with Crippen LogP contribution in [-0.4, -0.2) is 5.21 Å². The normalized spacial score (nSPS) is 9.69. The van der Waals surface area contributed by atoms with E-state index in [0.717, 1.165) is 5.92 Å². The summed E-state index contributed by atoms with van der Waals surface area (Å²) in [5.41, 5.74) is 0. The summed E-state index contributed by atoms with van der Waals surface area (Å²) >= 11 is 0. The van der Waals surface area contributed by atoms with Crippen LogP contribution in [0.3, 0.4) is 0 Å². The molecule has 82 valence electrons. The van der Waals surface area contributed by atoms with Gasteiger partial charge in [-0.15, -0.1) is 0 Å². The zero-order chi connectivity index (χ0) is 10.5. The summed E-state index contributed by atoms with van der Waals surface area (Å²) in [5, 5.41) is 6.50. The molecule has 0 radical (unpaired) electrons. The maximum absolute atomic E-state index is 6.50. The summed E-state index contributed by atoms with van der Waals surface area (Å²) in [7, 11) is 0. The molecule has 3 N–H and O–H groups in total. The lowest BCUT2D eigenvalue weighted by Crippen LogP contribution is -1.86. The van der Waals surface area contributed by atoms with E-state index in [1.54, 1.807) is 0 Å². The number of hydrogen-bond acceptors (Lipinski definition) is 2. The van der Waals surface area contributed by atoms with Crippen molar-refractivity contribution >= 4 is 0 Å². The summed E-state index contributed by atoms with van der Waals surface area (Å²) in [6, 6.07) is 0. The predicted molar refractivity (Wildman–Crippen MR) is 58.8 cm³/mol. The molecule has 0 fully saturated rings. The summed E-state index contributed by atoms with van der Waals surface area (Å²) < 4.78 is 0. The minimum Gasteiger partial charge on any atom is -0.320 e. The maximum Gasteiger partial charge on any atom is -0.0471 e. The first kappa shape index (κ1) is 15.4. The molecule has 0 aromatic carbocycles. The first-order valence-electron chi connectivity index (χ1n) is 5.53. The lowest BCUT2D eigenvalue weighted by molar-refractivity contribution is 0.311. The molecule has 2 nitrogen and oxygen atoms in total. The molecule has 13 heavy (non-hydrogen) atoms. The van der Waals surface area contributed by atoms with Gasteiger partial charge in [-0.25, -0.2) is 5.90 Å². The Balaban J connectivity index is 0. The Hall–Kier alpha value is -0.0800. The predicted octanol–water partition coefficient (Wildman–Crippen LogP) is 3.73. The molecular formula is C11H27NO. The molecule has 0 heterocycles. The van der Waals surface area contributed by atoms with Crippen molar-refractivity contribution in [3.05, 3.63) is 0 Å². The van der Waals surface area contributed by atoms with Gasteiger partial charge >= 0.3 is 0 Å². The van der Waals surface area contributed by atoms with Crippen LogP contribution in [0.4, 0.5) is 0 Å². The van der Waals surface area contributed by atoms with Gasteiger partial charge in [0.25, 0.3) is 0 Å². The fourth-order valence-corrected chi connectivity index (χ4v) is 1.33. The molecule has 0 saturated carbocycles. The molecule has 0 aliphatic heterocycles. The largest absolute Gasteiger partial charge is 0.320 e. The third kappa shape index (κ3) is 18.7. The molecule has 0 aliphatic rings. The third-order valence-electron chi connectivity index (χ3n) is 2.14. The minimum atomic E-state index is 0.904. The van der Waals surface area contributed by atoms with E-state index < -0.39 is 0 Å². The van der Waals surface area contributed by atoms with Crippen LogP contribution in [0.25, 0.3) is 0 Å². The van der Waals surface area contributed by atoms with Crippen molar-refractivity contribution in [3.63, 3.8) is 0 Å². The Labute approximate surface area is 83.5 Å². The van der Waals surface area contributed by atoms with E-state index in [-0.39, 0.29) is 0 Å². The van der Waals surface area contributed by atoms with Gasteiger partial charge in [0, 0.05) is 0 Å². The Morgan fingerprint density at radius 2 is 1.38 bits per heavy atom. The van der Waals surface area contributed by atoms with E-state index >= 15 is 0 Å². The van der Waals surface area contributed by atoms with Crippen LogP contribution in [0.1, 0.15) is 65.7 Å². The van der Waals surface area contributed by atoms with Gasteiger partial charge in [-0.2, -0.15) is 0 Å². The van der Waals surface area contributed by atoms with Gasteiger partial charge in [-0.3, -0.25) is 0 Å². The molecule has 0 atom stereocenters. The van der Waals surface area contributed by atoms with Crippen LogP contribution < -0.4 is 5.90 Å². The Bertz CT molecular complexity index is 74.5. The number of unbranched alkanes of at least 4 members (excludes halogenated alkanes) is 5. The first-order chi connectivity index (χ1) is 6.27. The molecule has 0 aromatic rings. The van der Waals surface area contributed by atoms with E-state index in [9.17, 15) is 0 Å². The summed E-state index contributed by atoms with van der Waals surface area (Å²) in [4.78, 5) is 0. The summed E-state index contributed by atoms with van der Waals surface area (Å²) in [6.45, 7) is 6.90. The Morgan fingerprint density at radius 3 is 1.85 bits per heavy atom. The van der Waals surface area contributed by atoms with Gasteiger partial charge in [-0.1, -0.05) is 65.7 Å². The summed E-state index contributed by atoms with van der Waals surface area (Å²) in [6.07, 6.45) is 10.0. The molecule has 0 aliphatic carbocycles. The smallest absolute Gasteiger partial charge is 0.0471 e. The van der Waals surface area contributed by atoms with E-state index in [1.165, 1.54) is 44.9 Å². The van der Waals surface area contributed by atoms with E-state index in [4.69, 9.17) is 5.21 Å². The Morgan fingerprint density at radius 1 is 0.923 bits per heavy atom. The topological polar surface area (TPSA) is 46.2 Å². The van der Waals surface area contributed by atoms with Gasteiger partial charge in [0.15, 0.2) is 0 Å². The highest BCUT2D eigenvalue weighted by atomic mass is 16.4. The zero-order valence-electron chi connectivity index (χ0n) is 9.55. The zero-order valence-corrected chi connectivity index (χ0v) is 9.55. The van der Waals surface area contributed by atoms with Crippen molar-refractivity contribution < 1.29 is 5.21 Å². The molecule has 0 unspecified atom stereocenters. The fraction of sp³-hybridized carbons (Fsp3) is 1.00. The minimum absolute atomic E-state index is 0.904. The van der Waals surface area contributed by atoms with Crippen molar-refractivity contribution in [2.75, 3.05) is 0 Å². The van der Waals surface area contributed by atoms with E-state index in [1.807, 2.05) is 0 Å². The van der Waals surface area contributed by atoms with Crippen molar-refractivity contribution in [2.45, 2.75) is 65.7 Å². The average molecular weight is 189 g/mol. The molecule has 2 heteroatoms. The fourth-order valence-electron chi connectivity index (χ4n) is 1.33. The van der Waals surface area contributed by atoms with E-state index in [0.29, 0.717) is 0 Å². The third-order valence-corrected chi connectivity index (χ3v) is 2.14. The highest BCUT2D eigenvalue weighted by Gasteiger charge is 1.93. The molecule has 0 saturated heterocycles. The van der Waals surface area contributed by atoms with E-state index in [2.05, 4.69) is 26.7 Å². The number of nitrogens with two attached hydrogens (primary N) is 1. The molecule has 0 aromatic heterocycles. The second-order valence-electron chi connectivity index (χ2n) is 3.95. The number of hydrogen-bond donors (Lipinski definition) is 2. The van der Waals surface area contributed by atoms with Crippen molar-refractivity contribution in [1.82, 2.24) is 0 Å². The molecular weight excluding hydrogens is 162 g/mol.